The van der Waals surface area contributed by atoms with Crippen LogP contribution < -0.4 is 0 Å². The van der Waals surface area contributed by atoms with Crippen molar-refractivity contribution in [2.24, 2.45) is 7.05 Å². The minimum atomic E-state index is 0.205. The smallest absolute Gasteiger partial charge is 0.256 e. The molecule has 3 heteroatoms. The van der Waals surface area contributed by atoms with Crippen molar-refractivity contribution in [3.05, 3.63) is 71.4 Å². The Morgan fingerprint density at radius 3 is 2.77 bits per heavy atom. The van der Waals surface area contributed by atoms with Crippen molar-refractivity contribution in [2.45, 2.75) is 37.6 Å². The SMILES string of the molecule is Cn1cc(C(=O)N2CCCC3c4ccccc4CC[C@@H]32)c2ccccc21. The number of piperidine rings is 1. The van der Waals surface area contributed by atoms with Crippen molar-refractivity contribution in [2.75, 3.05) is 6.54 Å². The lowest BCUT2D eigenvalue weighted by Gasteiger charge is -2.45. The molecule has 0 radical (unpaired) electrons. The number of carbonyl (C=O) groups excluding carboxylic acids is 1. The molecule has 2 aliphatic rings. The number of rotatable bonds is 1. The van der Waals surface area contributed by atoms with Crippen molar-refractivity contribution in [3.63, 3.8) is 0 Å². The molecular weight excluding hydrogens is 320 g/mol. The zero-order chi connectivity index (χ0) is 17.7. The van der Waals surface area contributed by atoms with Crippen LogP contribution in [0.4, 0.5) is 0 Å². The minimum Gasteiger partial charge on any atom is -0.350 e. The van der Waals surface area contributed by atoms with Crippen LogP contribution in [-0.2, 0) is 13.5 Å². The number of fused-ring (bicyclic) bond motifs is 4. The maximum Gasteiger partial charge on any atom is 0.256 e. The fraction of sp³-hybridized carbons (Fsp3) is 0.348. The van der Waals surface area contributed by atoms with E-state index in [1.165, 1.54) is 17.5 Å². The first-order chi connectivity index (χ1) is 12.7. The molecule has 1 aromatic heterocycles. The van der Waals surface area contributed by atoms with Gasteiger partial charge in [0, 0.05) is 42.7 Å². The standard InChI is InChI=1S/C23H24N2O/c1-24-15-20(19-9-4-5-11-21(19)24)23(26)25-14-6-10-18-17-8-3-2-7-16(17)12-13-22(18)25/h2-5,7-9,11,15,18,22H,6,10,12-14H2,1H3/t18?,22-/m0/s1. The molecule has 1 saturated heterocycles. The third kappa shape index (κ3) is 2.30. The van der Waals surface area contributed by atoms with Crippen LogP contribution in [0.2, 0.25) is 0 Å². The number of aryl methyl sites for hydroxylation is 2. The van der Waals surface area contributed by atoms with E-state index >= 15 is 0 Å². The zero-order valence-corrected chi connectivity index (χ0v) is 15.2. The van der Waals surface area contributed by atoms with E-state index in [1.807, 2.05) is 25.4 Å². The predicted octanol–water partition coefficient (Wildman–Crippen LogP) is 4.51. The van der Waals surface area contributed by atoms with Crippen LogP contribution in [0.25, 0.3) is 10.9 Å². The number of benzene rings is 2. The first-order valence-corrected chi connectivity index (χ1v) is 9.67. The van der Waals surface area contributed by atoms with Gasteiger partial charge in [0.05, 0.1) is 5.56 Å². The summed E-state index contributed by atoms with van der Waals surface area (Å²) in [5.41, 5.74) is 4.92. The molecule has 5 rings (SSSR count). The summed E-state index contributed by atoms with van der Waals surface area (Å²) in [6, 6.07) is 17.4. The van der Waals surface area contributed by atoms with Crippen LogP contribution >= 0.6 is 0 Å². The third-order valence-corrected chi connectivity index (χ3v) is 6.33. The topological polar surface area (TPSA) is 25.2 Å². The predicted molar refractivity (Wildman–Crippen MR) is 104 cm³/mol. The molecule has 1 amide bonds. The zero-order valence-electron chi connectivity index (χ0n) is 15.2. The summed E-state index contributed by atoms with van der Waals surface area (Å²) in [5.74, 6) is 0.698. The maximum atomic E-state index is 13.5. The van der Waals surface area contributed by atoms with Crippen LogP contribution in [0.15, 0.2) is 54.7 Å². The first kappa shape index (κ1) is 15.7. The Bertz CT molecular complexity index is 987. The van der Waals surface area contributed by atoms with Crippen LogP contribution in [0, 0.1) is 0 Å². The molecule has 1 unspecified atom stereocenters. The van der Waals surface area contributed by atoms with Gasteiger partial charge in [0.2, 0.25) is 0 Å². The number of nitrogens with zero attached hydrogens (tertiary/aromatic N) is 2. The van der Waals surface area contributed by atoms with E-state index in [1.54, 1.807) is 0 Å². The summed E-state index contributed by atoms with van der Waals surface area (Å²) in [5, 5.41) is 1.07. The number of carbonyl (C=O) groups is 1. The fourth-order valence-corrected chi connectivity index (χ4v) is 5.12. The minimum absolute atomic E-state index is 0.205. The van der Waals surface area contributed by atoms with Crippen molar-refractivity contribution >= 4 is 16.8 Å². The van der Waals surface area contributed by atoms with Gasteiger partial charge in [0.15, 0.2) is 0 Å². The summed E-state index contributed by atoms with van der Waals surface area (Å²) in [4.78, 5) is 15.7. The van der Waals surface area contributed by atoms with E-state index in [0.717, 1.165) is 42.3 Å². The highest BCUT2D eigenvalue weighted by molar-refractivity contribution is 6.07. The summed E-state index contributed by atoms with van der Waals surface area (Å²) in [7, 11) is 2.02. The third-order valence-electron chi connectivity index (χ3n) is 6.33. The molecule has 26 heavy (non-hydrogen) atoms. The molecule has 0 spiro atoms. The summed E-state index contributed by atoms with van der Waals surface area (Å²) < 4.78 is 2.07. The molecule has 132 valence electrons. The molecule has 0 saturated carbocycles. The van der Waals surface area contributed by atoms with Gasteiger partial charge in [0.1, 0.15) is 0 Å². The Kier molecular flexibility index (Phi) is 3.63. The lowest BCUT2D eigenvalue weighted by atomic mass is 9.74. The van der Waals surface area contributed by atoms with Crippen LogP contribution in [0.5, 0.6) is 0 Å². The molecule has 0 N–H and O–H groups in total. The number of para-hydroxylation sites is 1. The van der Waals surface area contributed by atoms with Crippen LogP contribution in [-0.4, -0.2) is 28.0 Å². The van der Waals surface area contributed by atoms with E-state index in [4.69, 9.17) is 0 Å². The number of hydrogen-bond donors (Lipinski definition) is 0. The van der Waals surface area contributed by atoms with Crippen LogP contribution in [0.1, 0.15) is 46.7 Å². The Labute approximate surface area is 154 Å². The second-order valence-corrected chi connectivity index (χ2v) is 7.72. The monoisotopic (exact) mass is 344 g/mol. The number of likely N-dealkylation sites (tertiary alicyclic amines) is 1. The fourth-order valence-electron chi connectivity index (χ4n) is 5.12. The summed E-state index contributed by atoms with van der Waals surface area (Å²) in [6.07, 6.45) is 6.45. The molecule has 2 heterocycles. The van der Waals surface area contributed by atoms with Gasteiger partial charge in [-0.05, 0) is 42.9 Å². The van der Waals surface area contributed by atoms with Gasteiger partial charge in [0.25, 0.3) is 5.91 Å². The van der Waals surface area contributed by atoms with Gasteiger partial charge in [-0.2, -0.15) is 0 Å². The average molecular weight is 344 g/mol. The molecular formula is C23H24N2O. The lowest BCUT2D eigenvalue weighted by molar-refractivity contribution is 0.0548. The van der Waals surface area contributed by atoms with E-state index in [0.29, 0.717) is 12.0 Å². The second-order valence-electron chi connectivity index (χ2n) is 7.72. The maximum absolute atomic E-state index is 13.5. The summed E-state index contributed by atoms with van der Waals surface area (Å²) in [6.45, 7) is 0.880. The van der Waals surface area contributed by atoms with Gasteiger partial charge in [-0.15, -0.1) is 0 Å². The normalized spacial score (nSPS) is 22.1. The van der Waals surface area contributed by atoms with Crippen molar-refractivity contribution < 1.29 is 4.79 Å². The average Bonchev–Trinajstić information content (AvgIpc) is 3.04. The number of amides is 1. The van der Waals surface area contributed by atoms with Crippen molar-refractivity contribution in [1.82, 2.24) is 9.47 Å². The molecule has 2 atom stereocenters. The van der Waals surface area contributed by atoms with Gasteiger partial charge in [-0.1, -0.05) is 42.5 Å². The van der Waals surface area contributed by atoms with Gasteiger partial charge in [-0.25, -0.2) is 0 Å². The Hall–Kier alpha value is -2.55. The quantitative estimate of drug-likeness (QED) is 0.637. The Morgan fingerprint density at radius 1 is 1.04 bits per heavy atom. The largest absolute Gasteiger partial charge is 0.350 e. The van der Waals surface area contributed by atoms with Gasteiger partial charge in [-0.3, -0.25) is 4.79 Å². The molecule has 3 nitrogen and oxygen atoms in total. The molecule has 1 aliphatic carbocycles. The van der Waals surface area contributed by atoms with E-state index in [9.17, 15) is 4.79 Å². The van der Waals surface area contributed by atoms with Crippen LogP contribution in [0.3, 0.4) is 0 Å². The molecule has 0 bridgehead atoms. The molecule has 1 aliphatic heterocycles. The summed E-state index contributed by atoms with van der Waals surface area (Å²) >= 11 is 0. The molecule has 3 aromatic rings. The highest BCUT2D eigenvalue weighted by atomic mass is 16.2. The van der Waals surface area contributed by atoms with Crippen molar-refractivity contribution in [3.8, 4) is 0 Å². The highest BCUT2D eigenvalue weighted by Crippen LogP contribution is 2.41. The van der Waals surface area contributed by atoms with Gasteiger partial charge >= 0.3 is 0 Å². The number of aromatic nitrogens is 1. The van der Waals surface area contributed by atoms with Crippen molar-refractivity contribution in [1.29, 1.82) is 0 Å². The highest BCUT2D eigenvalue weighted by Gasteiger charge is 2.39. The lowest BCUT2D eigenvalue weighted by Crippen LogP contribution is -2.49. The van der Waals surface area contributed by atoms with Gasteiger partial charge < -0.3 is 9.47 Å². The van der Waals surface area contributed by atoms with E-state index in [-0.39, 0.29) is 5.91 Å². The molecule has 2 aromatic carbocycles. The number of hydrogen-bond acceptors (Lipinski definition) is 1. The molecule has 1 fully saturated rings. The van der Waals surface area contributed by atoms with E-state index in [2.05, 4.69) is 45.9 Å². The van der Waals surface area contributed by atoms with E-state index < -0.39 is 0 Å². The Morgan fingerprint density at radius 2 is 1.85 bits per heavy atom. The Balaban J connectivity index is 1.53. The second kappa shape index (κ2) is 6.01. The first-order valence-electron chi connectivity index (χ1n) is 9.67.